The molecule has 0 amide bonds. The third-order valence-electron chi connectivity index (χ3n) is 5.14. The zero-order valence-electron chi connectivity index (χ0n) is 18.8. The van der Waals surface area contributed by atoms with E-state index in [1.54, 1.807) is 25.5 Å². The van der Waals surface area contributed by atoms with Gasteiger partial charge in [0.15, 0.2) is 0 Å². The molecule has 0 spiro atoms. The van der Waals surface area contributed by atoms with Gasteiger partial charge in [-0.1, -0.05) is 18.2 Å². The number of para-hydroxylation sites is 1. The molecule has 2 heterocycles. The van der Waals surface area contributed by atoms with Crippen molar-refractivity contribution in [3.63, 3.8) is 0 Å². The molecule has 0 radical (unpaired) electrons. The van der Waals surface area contributed by atoms with Crippen LogP contribution in [0.2, 0.25) is 0 Å². The summed E-state index contributed by atoms with van der Waals surface area (Å²) in [5, 5.41) is 0.391. The van der Waals surface area contributed by atoms with Gasteiger partial charge >= 0.3 is 11.7 Å². The van der Waals surface area contributed by atoms with Crippen molar-refractivity contribution in [2.45, 2.75) is 53.1 Å². The van der Waals surface area contributed by atoms with Crippen LogP contribution < -0.4 is 16.0 Å². The van der Waals surface area contributed by atoms with Gasteiger partial charge in [0, 0.05) is 12.1 Å². The number of methoxy groups -OCH3 is 1. The monoisotopic (exact) mass is 444 g/mol. The number of benzene rings is 1. The maximum atomic E-state index is 13.4. The first kappa shape index (κ1) is 22.8. The standard InChI is InChI=1S/C23H28N2O5S/c1-7-30-21(27)18-14(2)17-19(26)25(23(3,4)5)22(28)24(20(17)31-18)13-12-15-10-8-9-11-16(15)29-6/h8-11H,7,12-13H2,1-6H3. The van der Waals surface area contributed by atoms with Gasteiger partial charge in [-0.25, -0.2) is 9.59 Å². The molecule has 0 saturated heterocycles. The molecule has 0 aliphatic carbocycles. The number of aryl methyl sites for hydroxylation is 3. The number of aromatic nitrogens is 2. The Bertz CT molecular complexity index is 1240. The number of hydrogen-bond donors (Lipinski definition) is 0. The Labute approximate surface area is 184 Å². The summed E-state index contributed by atoms with van der Waals surface area (Å²) in [6.07, 6.45) is 0.535. The van der Waals surface area contributed by atoms with Gasteiger partial charge in [-0.3, -0.25) is 13.9 Å². The Kier molecular flexibility index (Phi) is 6.40. The van der Waals surface area contributed by atoms with Crippen LogP contribution >= 0.6 is 11.3 Å². The van der Waals surface area contributed by atoms with Crippen LogP contribution in [0.3, 0.4) is 0 Å². The average Bonchev–Trinajstić information content (AvgIpc) is 3.04. The van der Waals surface area contributed by atoms with Gasteiger partial charge in [0.1, 0.15) is 15.5 Å². The first-order valence-electron chi connectivity index (χ1n) is 10.2. The second kappa shape index (κ2) is 8.70. The van der Waals surface area contributed by atoms with Gasteiger partial charge in [0.2, 0.25) is 0 Å². The molecule has 0 aliphatic heterocycles. The van der Waals surface area contributed by atoms with Gasteiger partial charge in [-0.15, -0.1) is 11.3 Å². The third kappa shape index (κ3) is 4.17. The van der Waals surface area contributed by atoms with E-state index in [4.69, 9.17) is 9.47 Å². The largest absolute Gasteiger partial charge is 0.496 e. The van der Waals surface area contributed by atoms with Crippen molar-refractivity contribution in [1.82, 2.24) is 9.13 Å². The molecule has 2 aromatic heterocycles. The summed E-state index contributed by atoms with van der Waals surface area (Å²) in [5.41, 5.74) is 0.0133. The van der Waals surface area contributed by atoms with Crippen molar-refractivity contribution in [2.75, 3.05) is 13.7 Å². The minimum Gasteiger partial charge on any atom is -0.496 e. The molecular weight excluding hydrogens is 416 g/mol. The minimum atomic E-state index is -0.715. The summed E-state index contributed by atoms with van der Waals surface area (Å²) in [4.78, 5) is 40.1. The lowest BCUT2D eigenvalue weighted by Crippen LogP contribution is -2.47. The summed E-state index contributed by atoms with van der Waals surface area (Å²) >= 11 is 1.14. The van der Waals surface area contributed by atoms with Crippen LogP contribution in [0.4, 0.5) is 0 Å². The van der Waals surface area contributed by atoms with E-state index in [-0.39, 0.29) is 12.2 Å². The molecule has 0 aliphatic rings. The van der Waals surface area contributed by atoms with Crippen LogP contribution in [-0.4, -0.2) is 28.8 Å². The van der Waals surface area contributed by atoms with E-state index in [1.807, 2.05) is 45.0 Å². The zero-order valence-corrected chi connectivity index (χ0v) is 19.6. The quantitative estimate of drug-likeness (QED) is 0.542. The number of carbonyl (C=O) groups excluding carboxylic acids is 1. The van der Waals surface area contributed by atoms with Crippen molar-refractivity contribution in [1.29, 1.82) is 0 Å². The summed E-state index contributed by atoms with van der Waals surface area (Å²) in [6.45, 7) is 9.50. The number of ether oxygens (including phenoxy) is 2. The van der Waals surface area contributed by atoms with Gasteiger partial charge in [-0.05, 0) is 58.2 Å². The number of thiophene rings is 1. The van der Waals surface area contributed by atoms with E-state index in [0.717, 1.165) is 22.6 Å². The predicted molar refractivity (Wildman–Crippen MR) is 123 cm³/mol. The van der Waals surface area contributed by atoms with Gasteiger partial charge in [0.25, 0.3) is 5.56 Å². The highest BCUT2D eigenvalue weighted by molar-refractivity contribution is 7.20. The molecule has 0 saturated carbocycles. The Balaban J connectivity index is 2.25. The normalized spacial score (nSPS) is 11.7. The molecular formula is C23H28N2O5S. The van der Waals surface area contributed by atoms with E-state index in [0.29, 0.717) is 33.6 Å². The molecule has 3 aromatic rings. The topological polar surface area (TPSA) is 79.5 Å². The molecule has 166 valence electrons. The Hall–Kier alpha value is -2.87. The molecule has 0 fully saturated rings. The van der Waals surface area contributed by atoms with Crippen LogP contribution in [0, 0.1) is 6.92 Å². The summed E-state index contributed by atoms with van der Waals surface area (Å²) in [7, 11) is 1.61. The summed E-state index contributed by atoms with van der Waals surface area (Å²) in [5.74, 6) is 0.261. The van der Waals surface area contributed by atoms with Crippen LogP contribution in [0.25, 0.3) is 10.2 Å². The SMILES string of the molecule is CCOC(=O)c1sc2c(c1C)c(=O)n(C(C)(C)C)c(=O)n2CCc1ccccc1OC. The third-order valence-corrected chi connectivity index (χ3v) is 6.44. The van der Waals surface area contributed by atoms with E-state index < -0.39 is 17.2 Å². The van der Waals surface area contributed by atoms with Gasteiger partial charge < -0.3 is 9.47 Å². The van der Waals surface area contributed by atoms with E-state index in [9.17, 15) is 14.4 Å². The van der Waals surface area contributed by atoms with Crippen molar-refractivity contribution >= 4 is 27.5 Å². The molecule has 1 aromatic carbocycles. The highest BCUT2D eigenvalue weighted by Gasteiger charge is 2.27. The average molecular weight is 445 g/mol. The number of hydrogen-bond acceptors (Lipinski definition) is 6. The highest BCUT2D eigenvalue weighted by atomic mass is 32.1. The number of rotatable bonds is 6. The Morgan fingerprint density at radius 3 is 2.45 bits per heavy atom. The van der Waals surface area contributed by atoms with Crippen molar-refractivity contribution in [2.24, 2.45) is 0 Å². The zero-order chi connectivity index (χ0) is 22.9. The van der Waals surface area contributed by atoms with Crippen LogP contribution in [0.1, 0.15) is 48.5 Å². The fraction of sp³-hybridized carbons (Fsp3) is 0.435. The molecule has 0 bridgehead atoms. The predicted octanol–water partition coefficient (Wildman–Crippen LogP) is 3.72. The fourth-order valence-corrected chi connectivity index (χ4v) is 4.88. The summed E-state index contributed by atoms with van der Waals surface area (Å²) in [6, 6.07) is 7.63. The van der Waals surface area contributed by atoms with Gasteiger partial charge in [-0.2, -0.15) is 0 Å². The number of esters is 1. The minimum absolute atomic E-state index is 0.235. The molecule has 3 rings (SSSR count). The van der Waals surface area contributed by atoms with Crippen molar-refractivity contribution < 1.29 is 14.3 Å². The van der Waals surface area contributed by atoms with E-state index >= 15 is 0 Å². The smallest absolute Gasteiger partial charge is 0.348 e. The van der Waals surface area contributed by atoms with Crippen LogP contribution in [0.15, 0.2) is 33.9 Å². The van der Waals surface area contributed by atoms with Crippen LogP contribution in [-0.2, 0) is 23.2 Å². The second-order valence-corrected chi connectivity index (χ2v) is 9.26. The summed E-state index contributed by atoms with van der Waals surface area (Å²) < 4.78 is 13.5. The fourth-order valence-electron chi connectivity index (χ4n) is 3.67. The van der Waals surface area contributed by atoms with Gasteiger partial charge in [0.05, 0.1) is 19.1 Å². The number of fused-ring (bicyclic) bond motifs is 1. The maximum absolute atomic E-state index is 13.4. The molecule has 0 atom stereocenters. The lowest BCUT2D eigenvalue weighted by Gasteiger charge is -2.23. The first-order valence-corrected chi connectivity index (χ1v) is 11.0. The molecule has 0 N–H and O–H groups in total. The van der Waals surface area contributed by atoms with E-state index in [1.165, 1.54) is 4.57 Å². The van der Waals surface area contributed by atoms with E-state index in [2.05, 4.69) is 0 Å². The van der Waals surface area contributed by atoms with Crippen molar-refractivity contribution in [3.05, 3.63) is 61.1 Å². The molecule has 8 heteroatoms. The lowest BCUT2D eigenvalue weighted by molar-refractivity contribution is 0.0531. The number of carbonyl (C=O) groups is 1. The lowest BCUT2D eigenvalue weighted by atomic mass is 10.1. The number of nitrogens with zero attached hydrogens (tertiary/aromatic N) is 2. The molecule has 0 unspecified atom stereocenters. The highest BCUT2D eigenvalue weighted by Crippen LogP contribution is 2.29. The maximum Gasteiger partial charge on any atom is 0.348 e. The Morgan fingerprint density at radius 2 is 1.84 bits per heavy atom. The first-order chi connectivity index (χ1) is 14.6. The van der Waals surface area contributed by atoms with Crippen LogP contribution in [0.5, 0.6) is 5.75 Å². The molecule has 7 nitrogen and oxygen atoms in total. The molecule has 31 heavy (non-hydrogen) atoms. The van der Waals surface area contributed by atoms with Crippen molar-refractivity contribution in [3.8, 4) is 5.75 Å². The second-order valence-electron chi connectivity index (χ2n) is 8.26. The Morgan fingerprint density at radius 1 is 1.16 bits per heavy atom.